The summed E-state index contributed by atoms with van der Waals surface area (Å²) in [5.41, 5.74) is 28.4. The predicted octanol–water partition coefficient (Wildman–Crippen LogP) is -16.4. The Balaban J connectivity index is 0.00000103. The van der Waals surface area contributed by atoms with Gasteiger partial charge < -0.3 is 28.4 Å². The maximum Gasteiger partial charge on any atom is 0.298 e. The molecule has 10 N–H and O–H groups in total. The first-order valence-corrected chi connectivity index (χ1v) is 26.2. The molecule has 0 fully saturated rings. The van der Waals surface area contributed by atoms with Crippen molar-refractivity contribution in [3.8, 4) is 0 Å². The smallest absolute Gasteiger partial charge is 0.298 e. The molecular formula is C38H50Cl4N12O17S2. The molecule has 0 bridgehead atoms. The second-order valence-electron chi connectivity index (χ2n) is 14.0. The zero-order valence-corrected chi connectivity index (χ0v) is 43.8. The molecule has 0 unspecified atom stereocenters. The minimum absolute atomic E-state index is 0. The van der Waals surface area contributed by atoms with Crippen molar-refractivity contribution in [2.24, 2.45) is 14.1 Å². The second-order valence-corrected chi connectivity index (χ2v) is 19.1. The van der Waals surface area contributed by atoms with Crippen LogP contribution in [0.3, 0.4) is 0 Å². The second kappa shape index (κ2) is 31.1. The van der Waals surface area contributed by atoms with Gasteiger partial charge in [0.05, 0.1) is 25.2 Å². The van der Waals surface area contributed by atoms with Crippen LogP contribution in [0, 0.1) is 68.7 Å². The number of nitrogens with two attached hydrogens (primary N) is 4. The van der Waals surface area contributed by atoms with E-state index in [9.17, 15) is 0 Å². The number of hydrogen-bond donors (Lipinski definition) is 4. The maximum atomic E-state index is 8.49. The molecule has 6 rings (SSSR count). The highest BCUT2D eigenvalue weighted by Crippen LogP contribution is 2.25. The van der Waals surface area contributed by atoms with Crippen LogP contribution in [0.4, 0.5) is 23.3 Å². The lowest BCUT2D eigenvalue weighted by Gasteiger charge is -2.17. The van der Waals surface area contributed by atoms with Crippen molar-refractivity contribution in [2.75, 3.05) is 22.9 Å². The van der Waals surface area contributed by atoms with Crippen LogP contribution in [0.1, 0.15) is 45.6 Å². The SMILES string of the molecule is Cc1nc(N)c(C[n+]2cc(CSc3ccccc3)c(N)nc2C)c[n+]1C.Cc1nc(N)c(C[n+]2cc(CSc3ccccc3)c(N)nc2C)c[n+]1C.O.[O-][Cl+3]([O-])([O-])[O-].[O-][Cl+3]([O-])([O-])[O-].[O-][Cl+3]([O-])([O-])[O-].[O-][Cl+3]([O-])([O-])[O-]. The molecule has 404 valence electrons. The summed E-state index contributed by atoms with van der Waals surface area (Å²) in [7, 11) is -15.8. The lowest BCUT2D eigenvalue weighted by Crippen LogP contribution is -2.68. The first-order valence-electron chi connectivity index (χ1n) is 19.2. The van der Waals surface area contributed by atoms with E-state index in [0.29, 0.717) is 36.4 Å². The standard InChI is InChI=1S/2C19H22N6S.4ClHO4.H2O/c2*1-13-22-18(20)15(9-24(13)3)10-25-11-16(19(21)23-14(25)2)12-26-17-7-5-4-6-8-17;4*2-1(3,4)5;/h2*4-9,11,20-21H,10,12H2,1-3H3;4*(H,2,3,4,5);1H2. The first kappa shape index (κ1) is 68.1. The summed E-state index contributed by atoms with van der Waals surface area (Å²) < 4.78 is 144. The van der Waals surface area contributed by atoms with E-state index in [2.05, 4.69) is 65.7 Å². The Kier molecular flexibility index (Phi) is 29.1. The third-order valence-electron chi connectivity index (χ3n) is 8.58. The van der Waals surface area contributed by atoms with Gasteiger partial charge in [0.1, 0.15) is 49.0 Å². The highest BCUT2D eigenvalue weighted by molar-refractivity contribution is 7.98. The molecule has 0 radical (unpaired) electrons. The van der Waals surface area contributed by atoms with Crippen LogP contribution in [-0.2, 0) is 38.7 Å². The van der Waals surface area contributed by atoms with E-state index in [4.69, 9.17) is 97.5 Å². The average molecular weight is 1150 g/mol. The number of aryl methyl sites for hydroxylation is 6. The minimum Gasteiger partial charge on any atom is -0.412 e. The molecule has 73 heavy (non-hydrogen) atoms. The minimum atomic E-state index is -4.94. The Morgan fingerprint density at radius 2 is 0.630 bits per heavy atom. The van der Waals surface area contributed by atoms with E-state index in [1.54, 1.807) is 23.5 Å². The Morgan fingerprint density at radius 1 is 0.397 bits per heavy atom. The number of aromatic nitrogens is 8. The molecule has 0 atom stereocenters. The molecule has 0 saturated heterocycles. The van der Waals surface area contributed by atoms with Crippen LogP contribution in [-0.4, -0.2) is 25.4 Å². The number of halogens is 4. The van der Waals surface area contributed by atoms with Gasteiger partial charge >= 0.3 is 0 Å². The summed E-state index contributed by atoms with van der Waals surface area (Å²) in [6.07, 6.45) is 8.15. The van der Waals surface area contributed by atoms with Crippen molar-refractivity contribution in [1.82, 2.24) is 19.9 Å². The summed E-state index contributed by atoms with van der Waals surface area (Å²) in [6.45, 7) is 8.97. The number of thioether (sulfide) groups is 2. The predicted molar refractivity (Wildman–Crippen MR) is 210 cm³/mol. The van der Waals surface area contributed by atoms with Gasteiger partial charge in [-0.15, -0.1) is 64.5 Å². The van der Waals surface area contributed by atoms with Gasteiger partial charge in [0.25, 0.3) is 23.3 Å². The van der Waals surface area contributed by atoms with Crippen molar-refractivity contribution >= 4 is 46.8 Å². The fraction of sp³-hybridized carbons (Fsp3) is 0.263. The Hall–Kier alpha value is -4.86. The summed E-state index contributed by atoms with van der Waals surface area (Å²) in [4.78, 5) is 20.2. The van der Waals surface area contributed by atoms with E-state index >= 15 is 0 Å². The van der Waals surface area contributed by atoms with E-state index in [0.717, 1.165) is 57.1 Å². The lowest BCUT2D eigenvalue weighted by atomic mass is 10.2. The van der Waals surface area contributed by atoms with Crippen LogP contribution in [0.15, 0.2) is 95.2 Å². The molecule has 0 spiro atoms. The van der Waals surface area contributed by atoms with Crippen LogP contribution in [0.2, 0.25) is 0 Å². The number of hydrogen-bond acceptors (Lipinski definition) is 26. The lowest BCUT2D eigenvalue weighted by molar-refractivity contribution is -2.00. The van der Waals surface area contributed by atoms with Gasteiger partial charge in [-0.05, 0) is 44.2 Å². The van der Waals surface area contributed by atoms with E-state index in [1.165, 1.54) is 9.79 Å². The van der Waals surface area contributed by atoms with Gasteiger partial charge in [0, 0.05) is 49.0 Å². The first-order chi connectivity index (χ1) is 32.9. The molecule has 4 heterocycles. The highest BCUT2D eigenvalue weighted by Gasteiger charge is 2.21. The zero-order chi connectivity index (χ0) is 55.4. The molecule has 35 heteroatoms. The molecule has 6 aromatic rings. The van der Waals surface area contributed by atoms with Gasteiger partial charge in [0.15, 0.2) is 0 Å². The van der Waals surface area contributed by atoms with Gasteiger partial charge in [-0.2, -0.15) is 0 Å². The van der Waals surface area contributed by atoms with Crippen LogP contribution < -0.4 is 116 Å². The van der Waals surface area contributed by atoms with E-state index in [-0.39, 0.29) is 5.48 Å². The fourth-order valence-electron chi connectivity index (χ4n) is 5.26. The third kappa shape index (κ3) is 32.8. The van der Waals surface area contributed by atoms with Crippen molar-refractivity contribution in [1.29, 1.82) is 0 Å². The molecule has 0 aliphatic heterocycles. The Labute approximate surface area is 434 Å². The van der Waals surface area contributed by atoms with E-state index in [1.807, 2.05) is 99.7 Å². The quantitative estimate of drug-likeness (QED) is 0.0731. The van der Waals surface area contributed by atoms with Crippen LogP contribution in [0.5, 0.6) is 0 Å². The van der Waals surface area contributed by atoms with Crippen molar-refractivity contribution in [3.05, 3.63) is 131 Å². The number of rotatable bonds is 10. The monoisotopic (exact) mass is 1150 g/mol. The normalized spacial score (nSPS) is 11.0. The van der Waals surface area contributed by atoms with Crippen molar-refractivity contribution in [3.63, 3.8) is 0 Å². The third-order valence-corrected chi connectivity index (χ3v) is 10.7. The van der Waals surface area contributed by atoms with Crippen molar-refractivity contribution in [2.45, 2.75) is 62.1 Å². The van der Waals surface area contributed by atoms with Crippen LogP contribution in [0.25, 0.3) is 0 Å². The summed E-state index contributed by atoms with van der Waals surface area (Å²) in [5.74, 6) is 7.21. The fourth-order valence-corrected chi connectivity index (χ4v) is 7.05. The molecule has 2 aromatic carbocycles. The molecular weight excluding hydrogens is 1100 g/mol. The molecule has 0 amide bonds. The largest absolute Gasteiger partial charge is 0.412 e. The molecule has 4 aromatic heterocycles. The number of nitrogen functional groups attached to an aromatic ring is 4. The van der Waals surface area contributed by atoms with E-state index < -0.39 is 41.0 Å². The summed E-state index contributed by atoms with van der Waals surface area (Å²) >= 11 is 3.48. The van der Waals surface area contributed by atoms with Crippen LogP contribution >= 0.6 is 23.5 Å². The summed E-state index contributed by atoms with van der Waals surface area (Å²) in [6, 6.07) is 20.5. The number of nitrogens with zero attached hydrogens (tertiary/aromatic N) is 8. The van der Waals surface area contributed by atoms with Gasteiger partial charge in [-0.25, -0.2) is 92.8 Å². The van der Waals surface area contributed by atoms with Gasteiger partial charge in [-0.3, -0.25) is 0 Å². The molecule has 0 aliphatic carbocycles. The number of anilines is 4. The highest BCUT2D eigenvalue weighted by atomic mass is 35.7. The van der Waals surface area contributed by atoms with Crippen molar-refractivity contribution < 1.29 is 139 Å². The van der Waals surface area contributed by atoms with Gasteiger partial charge in [-0.1, -0.05) is 36.4 Å². The zero-order valence-electron chi connectivity index (χ0n) is 39.2. The average Bonchev–Trinajstić information content (AvgIpc) is 3.21. The Bertz CT molecular complexity index is 2400. The Morgan fingerprint density at radius 3 is 0.890 bits per heavy atom. The topological polar surface area (TPSA) is 572 Å². The molecule has 0 aliphatic rings. The summed E-state index contributed by atoms with van der Waals surface area (Å²) in [5, 5.41) is 0. The number of benzene rings is 2. The van der Waals surface area contributed by atoms with Gasteiger partial charge in [0.2, 0.25) is 23.3 Å². The maximum absolute atomic E-state index is 8.49. The molecule has 29 nitrogen and oxygen atoms in total. The molecule has 0 saturated carbocycles.